The van der Waals surface area contributed by atoms with Crippen molar-refractivity contribution in [1.29, 1.82) is 0 Å². The fourth-order valence-corrected chi connectivity index (χ4v) is 8.15. The Labute approximate surface area is 307 Å². The largest absolute Gasteiger partial charge is 0.478 e. The molecule has 4 fully saturated rings. The molecule has 1 aromatic heterocycles. The number of carbonyl (C=O) groups is 3. The second-order valence-corrected chi connectivity index (χ2v) is 16.9. The van der Waals surface area contributed by atoms with Crippen LogP contribution in [0.2, 0.25) is 0 Å². The van der Waals surface area contributed by atoms with Crippen molar-refractivity contribution in [3.63, 3.8) is 0 Å². The zero-order chi connectivity index (χ0) is 36.7. The van der Waals surface area contributed by atoms with Crippen LogP contribution in [0.15, 0.2) is 60.9 Å². The van der Waals surface area contributed by atoms with Crippen molar-refractivity contribution in [3.05, 3.63) is 66.5 Å². The molecule has 3 saturated heterocycles. The Hall–Kier alpha value is -4.54. The Morgan fingerprint density at radius 3 is 2.35 bits per heavy atom. The van der Waals surface area contributed by atoms with Gasteiger partial charge in [0.15, 0.2) is 5.60 Å². The van der Waals surface area contributed by atoms with Crippen LogP contribution in [-0.2, 0) is 20.9 Å². The van der Waals surface area contributed by atoms with Gasteiger partial charge in [0.05, 0.1) is 12.1 Å². The van der Waals surface area contributed by atoms with Crippen LogP contribution in [0, 0.1) is 11.3 Å². The molecule has 1 N–H and O–H groups in total. The number of likely N-dealkylation sites (tertiary alicyclic amines) is 2. The van der Waals surface area contributed by atoms with Crippen LogP contribution in [0.4, 0.5) is 10.5 Å². The Morgan fingerprint density at radius 2 is 1.65 bits per heavy atom. The van der Waals surface area contributed by atoms with E-state index in [0.717, 1.165) is 67.4 Å². The number of aromatic amines is 1. The minimum absolute atomic E-state index is 0.0505. The smallest absolute Gasteiger partial charge is 0.410 e. The molecular weight excluding hydrogens is 656 g/mol. The van der Waals surface area contributed by atoms with Gasteiger partial charge in [0, 0.05) is 80.8 Å². The van der Waals surface area contributed by atoms with Crippen LogP contribution >= 0.6 is 0 Å². The number of nitrogens with zero attached hydrogens (tertiary/aromatic N) is 5. The van der Waals surface area contributed by atoms with Gasteiger partial charge in [-0.2, -0.15) is 5.10 Å². The summed E-state index contributed by atoms with van der Waals surface area (Å²) in [6.45, 7) is 14.0. The molecule has 11 heteroatoms. The lowest BCUT2D eigenvalue weighted by Gasteiger charge is -2.37. The molecule has 1 unspecified atom stereocenters. The molecule has 4 heterocycles. The number of hydrogen-bond acceptors (Lipinski definition) is 7. The van der Waals surface area contributed by atoms with Crippen molar-refractivity contribution < 1.29 is 23.9 Å². The zero-order valence-corrected chi connectivity index (χ0v) is 31.4. The molecule has 0 bridgehead atoms. The molecule has 3 aromatic rings. The summed E-state index contributed by atoms with van der Waals surface area (Å²) in [4.78, 5) is 48.8. The number of benzene rings is 2. The highest BCUT2D eigenvalue weighted by Crippen LogP contribution is 2.41. The standard InChI is InChI=1S/C41H54N6O5/c1-39(2,3)52-38(50)46-21-18-41(28-46)17-20-45(27-41)37(49)40(4,5)51-35-10-6-9-34(22-35)44-19-7-8-31(26-44)36(48)47(33-15-16-33)25-29-11-13-30(14-12-29)32-23-42-43-24-32/h6,9-14,22-24,31,33H,7-8,15-21,25-28H2,1-5H3,(H,42,43)/t31-,41?/m1/s1. The third-order valence-electron chi connectivity index (χ3n) is 11.1. The van der Waals surface area contributed by atoms with Gasteiger partial charge in [-0.3, -0.25) is 14.7 Å². The van der Waals surface area contributed by atoms with Crippen molar-refractivity contribution in [2.45, 2.75) is 96.9 Å². The first-order valence-corrected chi connectivity index (χ1v) is 19.0. The van der Waals surface area contributed by atoms with E-state index in [-0.39, 0.29) is 29.2 Å². The van der Waals surface area contributed by atoms with E-state index in [2.05, 4.69) is 50.3 Å². The summed E-state index contributed by atoms with van der Waals surface area (Å²) in [7, 11) is 0. The Kier molecular flexibility index (Phi) is 9.73. The molecule has 2 aromatic carbocycles. The van der Waals surface area contributed by atoms with E-state index in [9.17, 15) is 14.4 Å². The topological polar surface area (TPSA) is 111 Å². The molecule has 1 aliphatic carbocycles. The van der Waals surface area contributed by atoms with Crippen molar-refractivity contribution >= 4 is 23.6 Å². The van der Waals surface area contributed by atoms with Gasteiger partial charge in [-0.05, 0) is 96.4 Å². The highest BCUT2D eigenvalue weighted by molar-refractivity contribution is 5.85. The third kappa shape index (κ3) is 8.08. The van der Waals surface area contributed by atoms with Crippen LogP contribution in [0.5, 0.6) is 5.75 Å². The van der Waals surface area contributed by atoms with Crippen LogP contribution in [0.3, 0.4) is 0 Å². The van der Waals surface area contributed by atoms with Gasteiger partial charge >= 0.3 is 6.09 Å². The molecule has 3 amide bonds. The number of nitrogens with one attached hydrogen (secondary N) is 1. The summed E-state index contributed by atoms with van der Waals surface area (Å²) in [5, 5.41) is 6.92. The van der Waals surface area contributed by atoms with Gasteiger partial charge in [0.25, 0.3) is 5.91 Å². The van der Waals surface area contributed by atoms with Crippen LogP contribution in [-0.4, -0.2) is 99.3 Å². The third-order valence-corrected chi connectivity index (χ3v) is 11.1. The normalized spacial score (nSPS) is 22.2. The number of rotatable bonds is 9. The Bertz CT molecular complexity index is 1750. The maximum atomic E-state index is 14.1. The molecule has 11 nitrogen and oxygen atoms in total. The summed E-state index contributed by atoms with van der Waals surface area (Å²) < 4.78 is 12.0. The van der Waals surface area contributed by atoms with E-state index in [0.29, 0.717) is 51.1 Å². The van der Waals surface area contributed by atoms with E-state index < -0.39 is 11.2 Å². The average molecular weight is 711 g/mol. The second kappa shape index (κ2) is 14.1. The zero-order valence-electron chi connectivity index (χ0n) is 31.4. The first-order valence-electron chi connectivity index (χ1n) is 19.0. The maximum Gasteiger partial charge on any atom is 0.410 e. The second-order valence-electron chi connectivity index (χ2n) is 16.9. The van der Waals surface area contributed by atoms with Crippen LogP contribution in [0.1, 0.15) is 78.7 Å². The molecule has 278 valence electrons. The number of carbonyl (C=O) groups excluding carboxylic acids is 3. The summed E-state index contributed by atoms with van der Waals surface area (Å²) in [5.74, 6) is 0.746. The lowest BCUT2D eigenvalue weighted by Crippen LogP contribution is -2.49. The highest BCUT2D eigenvalue weighted by atomic mass is 16.6. The van der Waals surface area contributed by atoms with Gasteiger partial charge in [-0.25, -0.2) is 4.79 Å². The first kappa shape index (κ1) is 35.8. The van der Waals surface area contributed by atoms with Gasteiger partial charge in [-0.15, -0.1) is 0 Å². The number of anilines is 1. The Morgan fingerprint density at radius 1 is 0.923 bits per heavy atom. The molecule has 52 heavy (non-hydrogen) atoms. The molecule has 2 atom stereocenters. The highest BCUT2D eigenvalue weighted by Gasteiger charge is 2.49. The van der Waals surface area contributed by atoms with Crippen molar-refractivity contribution in [1.82, 2.24) is 24.9 Å². The molecule has 7 rings (SSSR count). The minimum atomic E-state index is -1.07. The van der Waals surface area contributed by atoms with E-state index in [4.69, 9.17) is 9.47 Å². The van der Waals surface area contributed by atoms with E-state index in [1.807, 2.05) is 70.1 Å². The lowest BCUT2D eigenvalue weighted by molar-refractivity contribution is -0.144. The van der Waals surface area contributed by atoms with Gasteiger partial charge in [-0.1, -0.05) is 30.3 Å². The quantitative estimate of drug-likeness (QED) is 0.270. The Balaban J connectivity index is 0.954. The minimum Gasteiger partial charge on any atom is -0.478 e. The molecule has 1 saturated carbocycles. The fourth-order valence-electron chi connectivity index (χ4n) is 8.15. The number of H-pyrrole nitrogens is 1. The summed E-state index contributed by atoms with van der Waals surface area (Å²) in [5.41, 5.74) is 2.57. The van der Waals surface area contributed by atoms with Crippen LogP contribution < -0.4 is 9.64 Å². The molecule has 1 spiro atoms. The predicted molar refractivity (Wildman–Crippen MR) is 200 cm³/mol. The van der Waals surface area contributed by atoms with E-state index in [1.54, 1.807) is 4.90 Å². The monoisotopic (exact) mass is 710 g/mol. The van der Waals surface area contributed by atoms with Gasteiger partial charge in [0.2, 0.25) is 5.91 Å². The molecule has 4 aliphatic rings. The SMILES string of the molecule is CC(C)(C)OC(=O)N1CCC2(CCN(C(=O)C(C)(C)Oc3cccc(N4CCC[C@@H](C(=O)N(Cc5ccc(-c6cn[nH]c6)cc5)C5CC5)C4)c3)C2)C1. The molecule has 3 aliphatic heterocycles. The predicted octanol–water partition coefficient (Wildman–Crippen LogP) is 6.50. The number of amides is 3. The number of ether oxygens (including phenoxy) is 2. The molecular formula is C41H54N6O5. The summed E-state index contributed by atoms with van der Waals surface area (Å²) in [6, 6.07) is 16.7. The maximum absolute atomic E-state index is 14.1. The number of hydrogen-bond donors (Lipinski definition) is 1. The van der Waals surface area contributed by atoms with Crippen molar-refractivity contribution in [3.8, 4) is 16.9 Å². The number of piperidine rings is 1. The summed E-state index contributed by atoms with van der Waals surface area (Å²) in [6.07, 6.45) is 9.07. The van der Waals surface area contributed by atoms with Crippen LogP contribution in [0.25, 0.3) is 11.1 Å². The molecule has 0 radical (unpaired) electrons. The lowest BCUT2D eigenvalue weighted by atomic mass is 9.86. The van der Waals surface area contributed by atoms with Gasteiger partial charge < -0.3 is 29.1 Å². The summed E-state index contributed by atoms with van der Waals surface area (Å²) >= 11 is 0. The fraction of sp³-hybridized carbons (Fsp3) is 0.561. The first-order chi connectivity index (χ1) is 24.8. The van der Waals surface area contributed by atoms with E-state index in [1.165, 1.54) is 0 Å². The number of aromatic nitrogens is 2. The van der Waals surface area contributed by atoms with E-state index >= 15 is 0 Å². The van der Waals surface area contributed by atoms with Crippen molar-refractivity contribution in [2.75, 3.05) is 44.2 Å². The average Bonchev–Trinajstić information content (AvgIpc) is 3.46. The van der Waals surface area contributed by atoms with Crippen molar-refractivity contribution in [2.24, 2.45) is 11.3 Å². The van der Waals surface area contributed by atoms with Gasteiger partial charge in [0.1, 0.15) is 11.4 Å².